The van der Waals surface area contributed by atoms with E-state index in [9.17, 15) is 0 Å². The maximum Gasteiger partial charge on any atom is 0.130 e. The molecule has 1 aromatic rings. The zero-order valence-electron chi connectivity index (χ0n) is 7.73. The Hall–Kier alpha value is -0.680. The topological polar surface area (TPSA) is 41.0 Å². The second-order valence-electron chi connectivity index (χ2n) is 3.53. The normalized spacial score (nSPS) is 24.5. The Labute approximate surface area is 82.1 Å². The molecule has 13 heavy (non-hydrogen) atoms. The lowest BCUT2D eigenvalue weighted by atomic mass is 10.1. The highest BCUT2D eigenvalue weighted by molar-refractivity contribution is 7.09. The average Bonchev–Trinajstić information content (AvgIpc) is 2.57. The lowest BCUT2D eigenvalue weighted by molar-refractivity contribution is 0.261. The van der Waals surface area contributed by atoms with E-state index in [1.54, 1.807) is 6.20 Å². The summed E-state index contributed by atoms with van der Waals surface area (Å²) in [6.07, 6.45) is 4.32. The van der Waals surface area contributed by atoms with E-state index in [1.807, 2.05) is 0 Å². The molecule has 2 rings (SSSR count). The SMILES string of the molecule is CN1CCCC(Nc2cnns2)C1. The Bertz CT molecular complexity index is 249. The molecule has 1 aromatic heterocycles. The van der Waals surface area contributed by atoms with Crippen molar-refractivity contribution in [2.45, 2.75) is 18.9 Å². The van der Waals surface area contributed by atoms with Crippen molar-refractivity contribution < 1.29 is 0 Å². The summed E-state index contributed by atoms with van der Waals surface area (Å²) in [5.74, 6) is 0. The molecule has 1 atom stereocenters. The number of hydrogen-bond acceptors (Lipinski definition) is 5. The molecule has 72 valence electrons. The van der Waals surface area contributed by atoms with Gasteiger partial charge in [-0.25, -0.2) is 0 Å². The molecule has 0 aliphatic carbocycles. The second-order valence-corrected chi connectivity index (χ2v) is 4.31. The third-order valence-corrected chi connectivity index (χ3v) is 2.93. The van der Waals surface area contributed by atoms with Crippen LogP contribution in [0.3, 0.4) is 0 Å². The predicted molar refractivity (Wildman–Crippen MR) is 54.1 cm³/mol. The van der Waals surface area contributed by atoms with E-state index >= 15 is 0 Å². The van der Waals surface area contributed by atoms with E-state index in [1.165, 1.54) is 30.9 Å². The highest BCUT2D eigenvalue weighted by atomic mass is 32.1. The Morgan fingerprint density at radius 1 is 1.69 bits per heavy atom. The fourth-order valence-electron chi connectivity index (χ4n) is 1.72. The van der Waals surface area contributed by atoms with Crippen molar-refractivity contribution in [1.82, 2.24) is 14.5 Å². The van der Waals surface area contributed by atoms with Gasteiger partial charge in [0.1, 0.15) is 5.00 Å². The molecule has 0 bridgehead atoms. The van der Waals surface area contributed by atoms with E-state index in [2.05, 4.69) is 26.9 Å². The minimum Gasteiger partial charge on any atom is -0.370 e. The molecule has 0 spiro atoms. The van der Waals surface area contributed by atoms with Gasteiger partial charge in [0.05, 0.1) is 6.20 Å². The highest BCUT2D eigenvalue weighted by Gasteiger charge is 2.16. The quantitative estimate of drug-likeness (QED) is 0.771. The minimum atomic E-state index is 0.570. The maximum absolute atomic E-state index is 3.82. The van der Waals surface area contributed by atoms with Gasteiger partial charge in [-0.3, -0.25) is 0 Å². The zero-order valence-corrected chi connectivity index (χ0v) is 8.55. The Morgan fingerprint density at radius 3 is 3.31 bits per heavy atom. The molecule has 1 unspecified atom stereocenters. The van der Waals surface area contributed by atoms with Crippen LogP contribution in [0.5, 0.6) is 0 Å². The van der Waals surface area contributed by atoms with E-state index in [4.69, 9.17) is 0 Å². The summed E-state index contributed by atoms with van der Waals surface area (Å²) in [6, 6.07) is 0.570. The molecule has 1 aliphatic heterocycles. The maximum atomic E-state index is 3.82. The summed E-state index contributed by atoms with van der Waals surface area (Å²) in [7, 11) is 2.17. The fourth-order valence-corrected chi connectivity index (χ4v) is 2.21. The first-order valence-electron chi connectivity index (χ1n) is 4.57. The molecule has 1 N–H and O–H groups in total. The van der Waals surface area contributed by atoms with Crippen LogP contribution < -0.4 is 5.32 Å². The van der Waals surface area contributed by atoms with Crippen molar-refractivity contribution in [3.05, 3.63) is 6.20 Å². The molecule has 0 amide bonds. The molecule has 1 saturated heterocycles. The largest absolute Gasteiger partial charge is 0.370 e. The van der Waals surface area contributed by atoms with Crippen LogP contribution in [-0.2, 0) is 0 Å². The van der Waals surface area contributed by atoms with Gasteiger partial charge in [-0.2, -0.15) is 0 Å². The minimum absolute atomic E-state index is 0.570. The Balaban J connectivity index is 1.87. The molecule has 5 heteroatoms. The molecule has 2 heterocycles. The molecule has 0 aromatic carbocycles. The predicted octanol–water partition coefficient (Wildman–Crippen LogP) is 1.04. The number of anilines is 1. The van der Waals surface area contributed by atoms with Gasteiger partial charge >= 0.3 is 0 Å². The third kappa shape index (κ3) is 2.38. The number of rotatable bonds is 2. The van der Waals surface area contributed by atoms with Crippen molar-refractivity contribution in [3.8, 4) is 0 Å². The molecular formula is C8H14N4S. The van der Waals surface area contributed by atoms with Crippen molar-refractivity contribution >= 4 is 16.5 Å². The Morgan fingerprint density at radius 2 is 2.62 bits per heavy atom. The van der Waals surface area contributed by atoms with Gasteiger partial charge in [0.2, 0.25) is 0 Å². The van der Waals surface area contributed by atoms with Crippen LogP contribution in [0.2, 0.25) is 0 Å². The molecule has 4 nitrogen and oxygen atoms in total. The fraction of sp³-hybridized carbons (Fsp3) is 0.750. The Kier molecular flexibility index (Phi) is 2.75. The summed E-state index contributed by atoms with van der Waals surface area (Å²) in [5, 5.41) is 8.33. The van der Waals surface area contributed by atoms with Crippen LogP contribution in [0.4, 0.5) is 5.00 Å². The van der Waals surface area contributed by atoms with E-state index in [0.717, 1.165) is 11.5 Å². The number of nitrogens with zero attached hydrogens (tertiary/aromatic N) is 3. The third-order valence-electron chi connectivity index (χ3n) is 2.33. The van der Waals surface area contributed by atoms with Crippen molar-refractivity contribution in [2.24, 2.45) is 0 Å². The van der Waals surface area contributed by atoms with Gasteiger partial charge < -0.3 is 10.2 Å². The number of piperidine rings is 1. The highest BCUT2D eigenvalue weighted by Crippen LogP contribution is 2.16. The lowest BCUT2D eigenvalue weighted by Gasteiger charge is -2.30. The van der Waals surface area contributed by atoms with Crippen LogP contribution >= 0.6 is 11.5 Å². The summed E-state index contributed by atoms with van der Waals surface area (Å²) in [4.78, 5) is 2.36. The summed E-state index contributed by atoms with van der Waals surface area (Å²) < 4.78 is 3.82. The van der Waals surface area contributed by atoms with Gasteiger partial charge in [-0.15, -0.1) is 5.10 Å². The molecule has 0 radical (unpaired) electrons. The number of hydrogen-bond donors (Lipinski definition) is 1. The first-order chi connectivity index (χ1) is 6.34. The van der Waals surface area contributed by atoms with Gasteiger partial charge in [0, 0.05) is 24.1 Å². The molecule has 0 saturated carbocycles. The number of likely N-dealkylation sites (tertiary alicyclic amines) is 1. The van der Waals surface area contributed by atoms with E-state index < -0.39 is 0 Å². The first-order valence-corrected chi connectivity index (χ1v) is 5.34. The standard InChI is InChI=1S/C8H14N4S/c1-12-4-2-3-7(6-12)10-8-5-9-11-13-8/h5,7,10H,2-4,6H2,1H3. The van der Waals surface area contributed by atoms with Crippen LogP contribution in [0, 0.1) is 0 Å². The second kappa shape index (κ2) is 4.02. The van der Waals surface area contributed by atoms with E-state index in [-0.39, 0.29) is 0 Å². The van der Waals surface area contributed by atoms with Crippen LogP contribution in [0.15, 0.2) is 6.20 Å². The van der Waals surface area contributed by atoms with Gasteiger partial charge in [-0.05, 0) is 26.4 Å². The van der Waals surface area contributed by atoms with Crippen molar-refractivity contribution in [2.75, 3.05) is 25.5 Å². The lowest BCUT2D eigenvalue weighted by Crippen LogP contribution is -2.39. The van der Waals surface area contributed by atoms with Gasteiger partial charge in [0.15, 0.2) is 0 Å². The smallest absolute Gasteiger partial charge is 0.130 e. The van der Waals surface area contributed by atoms with E-state index in [0.29, 0.717) is 6.04 Å². The summed E-state index contributed by atoms with van der Waals surface area (Å²) >= 11 is 1.43. The zero-order chi connectivity index (χ0) is 9.10. The van der Waals surface area contributed by atoms with Gasteiger partial charge in [0.25, 0.3) is 0 Å². The summed E-state index contributed by atoms with van der Waals surface area (Å²) in [6.45, 7) is 2.34. The van der Waals surface area contributed by atoms with Crippen LogP contribution in [-0.4, -0.2) is 40.7 Å². The average molecular weight is 198 g/mol. The summed E-state index contributed by atoms with van der Waals surface area (Å²) in [5.41, 5.74) is 0. The number of nitrogens with one attached hydrogen (secondary N) is 1. The monoisotopic (exact) mass is 198 g/mol. The molecule has 1 fully saturated rings. The number of aromatic nitrogens is 2. The molecular weight excluding hydrogens is 184 g/mol. The number of likely N-dealkylation sites (N-methyl/N-ethyl adjacent to an activating group) is 1. The molecule has 1 aliphatic rings. The van der Waals surface area contributed by atoms with Crippen LogP contribution in [0.1, 0.15) is 12.8 Å². The first kappa shape index (κ1) is 8.90. The van der Waals surface area contributed by atoms with Crippen molar-refractivity contribution in [3.63, 3.8) is 0 Å². The van der Waals surface area contributed by atoms with Gasteiger partial charge in [-0.1, -0.05) is 4.49 Å². The van der Waals surface area contributed by atoms with Crippen molar-refractivity contribution in [1.29, 1.82) is 0 Å². The van der Waals surface area contributed by atoms with Crippen LogP contribution in [0.25, 0.3) is 0 Å².